The van der Waals surface area contributed by atoms with E-state index in [1.54, 1.807) is 42.7 Å². The van der Waals surface area contributed by atoms with Crippen molar-refractivity contribution < 1.29 is 9.53 Å². The number of fused-ring (bicyclic) bond motifs is 1. The summed E-state index contributed by atoms with van der Waals surface area (Å²) in [7, 11) is 1.61. The molecule has 2 aromatic carbocycles. The van der Waals surface area contributed by atoms with Crippen molar-refractivity contribution in [3.05, 3.63) is 59.1 Å². The van der Waals surface area contributed by atoms with Gasteiger partial charge in [-0.1, -0.05) is 41.6 Å². The second-order valence-electron chi connectivity index (χ2n) is 6.70. The fourth-order valence-corrected chi connectivity index (χ4v) is 4.64. The molecule has 8 heteroatoms. The number of hydrogen-bond acceptors (Lipinski definition) is 7. The molecule has 0 bridgehead atoms. The molecule has 1 N–H and O–H groups in total. The lowest BCUT2D eigenvalue weighted by Crippen LogP contribution is -2.14. The molecule has 0 spiro atoms. The van der Waals surface area contributed by atoms with E-state index in [2.05, 4.69) is 39.6 Å². The molecule has 2 heterocycles. The molecule has 1 amide bonds. The number of aryl methyl sites for hydroxylation is 2. The zero-order chi connectivity index (χ0) is 21.1. The number of thiazole rings is 1. The summed E-state index contributed by atoms with van der Waals surface area (Å²) in [6.45, 7) is 4.02. The first-order valence-corrected chi connectivity index (χ1v) is 11.1. The maximum absolute atomic E-state index is 12.4. The number of rotatable bonds is 6. The third kappa shape index (κ3) is 4.44. The van der Waals surface area contributed by atoms with Crippen molar-refractivity contribution in [3.8, 4) is 17.0 Å². The van der Waals surface area contributed by atoms with Crippen molar-refractivity contribution in [3.63, 3.8) is 0 Å². The van der Waals surface area contributed by atoms with Gasteiger partial charge in [-0.2, -0.15) is 0 Å². The number of hydrogen-bond donors (Lipinski definition) is 1. The van der Waals surface area contributed by atoms with Gasteiger partial charge in [0.1, 0.15) is 22.0 Å². The van der Waals surface area contributed by atoms with Crippen LogP contribution >= 0.6 is 23.1 Å². The first kappa shape index (κ1) is 20.3. The Bertz CT molecular complexity index is 1190. The number of amides is 1. The van der Waals surface area contributed by atoms with Crippen LogP contribution in [0.4, 0.5) is 5.69 Å². The Balaban J connectivity index is 1.52. The molecule has 0 atom stereocenters. The Labute approximate surface area is 182 Å². The number of nitrogens with zero attached hydrogens (tertiary/aromatic N) is 3. The van der Waals surface area contributed by atoms with Gasteiger partial charge in [0.25, 0.3) is 0 Å². The third-order valence-electron chi connectivity index (χ3n) is 4.43. The summed E-state index contributed by atoms with van der Waals surface area (Å²) < 4.78 is 6.12. The highest BCUT2D eigenvalue weighted by Gasteiger charge is 2.17. The monoisotopic (exact) mass is 436 g/mol. The second-order valence-corrected chi connectivity index (χ2v) is 8.86. The molecule has 0 aliphatic carbocycles. The summed E-state index contributed by atoms with van der Waals surface area (Å²) in [5, 5.41) is 13.3. The van der Waals surface area contributed by atoms with E-state index in [0.717, 1.165) is 37.9 Å². The van der Waals surface area contributed by atoms with Gasteiger partial charge < -0.3 is 10.1 Å². The standard InChI is InChI=1S/C22H20N4O2S2/c1-13-4-6-15(7-5-13)19-21-20(23-14(2)30-21)22(26-25-19)29-12-18(27)24-16-8-10-17(28-3)11-9-16/h4-11H,12H2,1-3H3,(H,24,27). The maximum Gasteiger partial charge on any atom is 0.234 e. The number of carbonyl (C=O) groups is 1. The number of anilines is 1. The molecular weight excluding hydrogens is 416 g/mol. The van der Waals surface area contributed by atoms with E-state index >= 15 is 0 Å². The molecule has 0 saturated heterocycles. The van der Waals surface area contributed by atoms with E-state index in [-0.39, 0.29) is 11.7 Å². The van der Waals surface area contributed by atoms with E-state index in [1.807, 2.05) is 19.1 Å². The van der Waals surface area contributed by atoms with Crippen molar-refractivity contribution in [1.29, 1.82) is 0 Å². The van der Waals surface area contributed by atoms with Crippen LogP contribution in [0.1, 0.15) is 10.6 Å². The summed E-state index contributed by atoms with van der Waals surface area (Å²) >= 11 is 2.93. The third-order valence-corrected chi connectivity index (χ3v) is 6.36. The van der Waals surface area contributed by atoms with Crippen LogP contribution in [0, 0.1) is 13.8 Å². The lowest BCUT2D eigenvalue weighted by Gasteiger charge is -2.07. The highest BCUT2D eigenvalue weighted by Crippen LogP contribution is 2.35. The normalized spacial score (nSPS) is 10.9. The number of carbonyl (C=O) groups excluding carboxylic acids is 1. The summed E-state index contributed by atoms with van der Waals surface area (Å²) in [5.41, 5.74) is 4.54. The molecule has 4 rings (SSSR count). The van der Waals surface area contributed by atoms with Crippen molar-refractivity contribution in [2.75, 3.05) is 18.2 Å². The minimum atomic E-state index is -0.116. The van der Waals surface area contributed by atoms with Crippen LogP contribution in [-0.2, 0) is 4.79 Å². The van der Waals surface area contributed by atoms with E-state index in [4.69, 9.17) is 4.74 Å². The molecular formula is C22H20N4O2S2. The van der Waals surface area contributed by atoms with E-state index in [9.17, 15) is 4.79 Å². The van der Waals surface area contributed by atoms with Gasteiger partial charge in [0.15, 0.2) is 0 Å². The highest BCUT2D eigenvalue weighted by atomic mass is 32.2. The zero-order valence-electron chi connectivity index (χ0n) is 16.8. The number of thioether (sulfide) groups is 1. The zero-order valence-corrected chi connectivity index (χ0v) is 18.4. The molecule has 0 fully saturated rings. The fourth-order valence-electron chi connectivity index (χ4n) is 2.92. The van der Waals surface area contributed by atoms with Crippen LogP contribution in [0.5, 0.6) is 5.75 Å². The number of ether oxygens (including phenoxy) is 1. The van der Waals surface area contributed by atoms with Crippen molar-refractivity contribution in [1.82, 2.24) is 15.2 Å². The Morgan fingerprint density at radius 3 is 2.50 bits per heavy atom. The van der Waals surface area contributed by atoms with Crippen LogP contribution in [0.2, 0.25) is 0 Å². The van der Waals surface area contributed by atoms with Gasteiger partial charge in [0.2, 0.25) is 5.91 Å². The first-order chi connectivity index (χ1) is 14.5. The highest BCUT2D eigenvalue weighted by molar-refractivity contribution is 8.00. The van der Waals surface area contributed by atoms with Crippen LogP contribution in [-0.4, -0.2) is 34.0 Å². The molecule has 2 aromatic heterocycles. The number of aromatic nitrogens is 3. The van der Waals surface area contributed by atoms with Crippen molar-refractivity contribution >= 4 is 44.9 Å². The summed E-state index contributed by atoms with van der Waals surface area (Å²) in [6.07, 6.45) is 0. The molecule has 0 radical (unpaired) electrons. The largest absolute Gasteiger partial charge is 0.497 e. The van der Waals surface area contributed by atoms with Gasteiger partial charge in [0.05, 0.1) is 22.6 Å². The second kappa shape index (κ2) is 8.81. The molecule has 0 aliphatic rings. The predicted molar refractivity (Wildman–Crippen MR) is 122 cm³/mol. The molecule has 152 valence electrons. The molecule has 0 aliphatic heterocycles. The van der Waals surface area contributed by atoms with Gasteiger partial charge >= 0.3 is 0 Å². The molecule has 4 aromatic rings. The minimum Gasteiger partial charge on any atom is -0.497 e. The predicted octanol–water partition coefficient (Wildman–Crippen LogP) is 5.11. The SMILES string of the molecule is COc1ccc(NC(=O)CSc2nnc(-c3ccc(C)cc3)c3sc(C)nc23)cc1. The average molecular weight is 437 g/mol. The molecule has 30 heavy (non-hydrogen) atoms. The van der Waals surface area contributed by atoms with E-state index in [1.165, 1.54) is 17.3 Å². The Kier molecular flexibility index (Phi) is 5.96. The van der Waals surface area contributed by atoms with Crippen LogP contribution in [0.25, 0.3) is 21.5 Å². The van der Waals surface area contributed by atoms with E-state index in [0.29, 0.717) is 5.03 Å². The molecule has 0 unspecified atom stereocenters. The minimum absolute atomic E-state index is 0.116. The lowest BCUT2D eigenvalue weighted by atomic mass is 10.1. The average Bonchev–Trinajstić information content (AvgIpc) is 3.15. The lowest BCUT2D eigenvalue weighted by molar-refractivity contribution is -0.113. The summed E-state index contributed by atoms with van der Waals surface area (Å²) in [4.78, 5) is 17.0. The smallest absolute Gasteiger partial charge is 0.234 e. The topological polar surface area (TPSA) is 77.0 Å². The van der Waals surface area contributed by atoms with Gasteiger partial charge in [-0.05, 0) is 38.1 Å². The maximum atomic E-state index is 12.4. The van der Waals surface area contributed by atoms with Crippen LogP contribution < -0.4 is 10.1 Å². The fraction of sp³-hybridized carbons (Fsp3) is 0.182. The Morgan fingerprint density at radius 2 is 1.80 bits per heavy atom. The van der Waals surface area contributed by atoms with Gasteiger partial charge in [-0.15, -0.1) is 21.5 Å². The van der Waals surface area contributed by atoms with Gasteiger partial charge in [0, 0.05) is 11.3 Å². The number of benzene rings is 2. The van der Waals surface area contributed by atoms with Crippen molar-refractivity contribution in [2.24, 2.45) is 0 Å². The van der Waals surface area contributed by atoms with Gasteiger partial charge in [-0.25, -0.2) is 4.98 Å². The first-order valence-electron chi connectivity index (χ1n) is 9.31. The van der Waals surface area contributed by atoms with Crippen LogP contribution in [0.3, 0.4) is 0 Å². The van der Waals surface area contributed by atoms with Gasteiger partial charge in [-0.3, -0.25) is 4.79 Å². The number of nitrogens with one attached hydrogen (secondary N) is 1. The molecule has 0 saturated carbocycles. The van der Waals surface area contributed by atoms with Crippen LogP contribution in [0.15, 0.2) is 53.6 Å². The van der Waals surface area contributed by atoms with E-state index < -0.39 is 0 Å². The number of methoxy groups -OCH3 is 1. The Morgan fingerprint density at radius 1 is 1.07 bits per heavy atom. The Hall–Kier alpha value is -2.97. The quantitative estimate of drug-likeness (QED) is 0.423. The summed E-state index contributed by atoms with van der Waals surface area (Å²) in [6, 6.07) is 15.4. The molecule has 6 nitrogen and oxygen atoms in total. The van der Waals surface area contributed by atoms with Crippen molar-refractivity contribution in [2.45, 2.75) is 18.9 Å². The summed E-state index contributed by atoms with van der Waals surface area (Å²) in [5.74, 6) is 0.846.